The Hall–Kier alpha value is -1.56. The second-order valence-electron chi connectivity index (χ2n) is 5.01. The third-order valence-corrected chi connectivity index (χ3v) is 4.44. The monoisotopic (exact) mass is 379 g/mol. The molecule has 102 valence electrons. The minimum absolute atomic E-state index is 0.0289. The van der Waals surface area contributed by atoms with Crippen LogP contribution in [0.1, 0.15) is 18.5 Å². The van der Waals surface area contributed by atoms with E-state index in [2.05, 4.69) is 22.6 Å². The van der Waals surface area contributed by atoms with Crippen LogP contribution in [0.25, 0.3) is 0 Å². The summed E-state index contributed by atoms with van der Waals surface area (Å²) >= 11 is 2.25. The van der Waals surface area contributed by atoms with Crippen LogP contribution in [0.4, 0.5) is 5.69 Å². The first kappa shape index (κ1) is 13.4. The largest absolute Gasteiger partial charge is 0.508 e. The number of carbonyl (C=O) groups is 1. The van der Waals surface area contributed by atoms with Crippen LogP contribution in [-0.4, -0.2) is 11.0 Å². The first-order valence-electron chi connectivity index (χ1n) is 6.45. The molecule has 1 saturated heterocycles. The van der Waals surface area contributed by atoms with E-state index >= 15 is 0 Å². The summed E-state index contributed by atoms with van der Waals surface area (Å²) in [7, 11) is 0. The SMILES string of the molecule is C[C@H]1C(=O)N(c2ccc(I)cc2)[C@@H]1c1ccc(O)cc1. The Labute approximate surface area is 131 Å². The zero-order valence-electron chi connectivity index (χ0n) is 11.0. The molecule has 2 aromatic rings. The maximum atomic E-state index is 12.2. The van der Waals surface area contributed by atoms with E-state index in [-0.39, 0.29) is 23.6 Å². The second-order valence-corrected chi connectivity index (χ2v) is 6.26. The molecule has 0 spiro atoms. The molecule has 20 heavy (non-hydrogen) atoms. The minimum atomic E-state index is -0.0289. The van der Waals surface area contributed by atoms with Gasteiger partial charge in [-0.05, 0) is 64.6 Å². The van der Waals surface area contributed by atoms with E-state index in [1.54, 1.807) is 12.1 Å². The van der Waals surface area contributed by atoms with Gasteiger partial charge in [0.2, 0.25) is 5.91 Å². The van der Waals surface area contributed by atoms with Crippen molar-refractivity contribution in [3.8, 4) is 5.75 Å². The molecule has 1 aliphatic rings. The summed E-state index contributed by atoms with van der Waals surface area (Å²) in [6.45, 7) is 1.95. The van der Waals surface area contributed by atoms with Crippen LogP contribution >= 0.6 is 22.6 Å². The maximum Gasteiger partial charge on any atom is 0.232 e. The average molecular weight is 379 g/mol. The van der Waals surface area contributed by atoms with Crippen LogP contribution in [-0.2, 0) is 4.79 Å². The van der Waals surface area contributed by atoms with Gasteiger partial charge in [0, 0.05) is 9.26 Å². The van der Waals surface area contributed by atoms with Gasteiger partial charge in [-0.25, -0.2) is 0 Å². The minimum Gasteiger partial charge on any atom is -0.508 e. The molecule has 0 unspecified atom stereocenters. The van der Waals surface area contributed by atoms with Gasteiger partial charge in [0.25, 0.3) is 0 Å². The number of β-lactam (4-membered cyclic amide) rings is 1. The van der Waals surface area contributed by atoms with Gasteiger partial charge < -0.3 is 10.0 Å². The Morgan fingerprint density at radius 2 is 1.65 bits per heavy atom. The van der Waals surface area contributed by atoms with Crippen molar-refractivity contribution in [1.29, 1.82) is 0 Å². The molecule has 0 radical (unpaired) electrons. The number of amides is 1. The molecular formula is C16H14INO2. The fourth-order valence-electron chi connectivity index (χ4n) is 2.63. The zero-order chi connectivity index (χ0) is 14.3. The number of halogens is 1. The van der Waals surface area contributed by atoms with E-state index in [0.29, 0.717) is 0 Å². The van der Waals surface area contributed by atoms with Gasteiger partial charge >= 0.3 is 0 Å². The number of nitrogens with zero attached hydrogens (tertiary/aromatic N) is 1. The van der Waals surface area contributed by atoms with Crippen LogP contribution < -0.4 is 4.90 Å². The summed E-state index contributed by atoms with van der Waals surface area (Å²) in [4.78, 5) is 14.0. The predicted octanol–water partition coefficient (Wildman–Crippen LogP) is 3.72. The van der Waals surface area contributed by atoms with Gasteiger partial charge in [0.05, 0.1) is 12.0 Å². The van der Waals surface area contributed by atoms with Crippen molar-refractivity contribution in [2.75, 3.05) is 4.90 Å². The number of carbonyl (C=O) groups excluding carboxylic acids is 1. The Morgan fingerprint density at radius 3 is 2.25 bits per heavy atom. The second kappa shape index (κ2) is 5.09. The third-order valence-electron chi connectivity index (χ3n) is 3.72. The number of phenols is 1. The first-order chi connectivity index (χ1) is 9.58. The quantitative estimate of drug-likeness (QED) is 0.638. The van der Waals surface area contributed by atoms with Crippen LogP contribution in [0.2, 0.25) is 0 Å². The summed E-state index contributed by atoms with van der Waals surface area (Å²) in [5, 5.41) is 9.38. The van der Waals surface area contributed by atoms with Gasteiger partial charge in [-0.2, -0.15) is 0 Å². The average Bonchev–Trinajstić information content (AvgIpc) is 2.46. The van der Waals surface area contributed by atoms with Crippen LogP contribution in [0, 0.1) is 9.49 Å². The molecule has 0 saturated carbocycles. The van der Waals surface area contributed by atoms with Gasteiger partial charge in [-0.1, -0.05) is 19.1 Å². The van der Waals surface area contributed by atoms with Gasteiger partial charge in [-0.15, -0.1) is 0 Å². The molecule has 2 aromatic carbocycles. The Balaban J connectivity index is 1.95. The van der Waals surface area contributed by atoms with Crippen LogP contribution in [0.5, 0.6) is 5.75 Å². The van der Waals surface area contributed by atoms with Crippen molar-refractivity contribution in [3.63, 3.8) is 0 Å². The van der Waals surface area contributed by atoms with Crippen molar-refractivity contribution in [1.82, 2.24) is 0 Å². The molecule has 1 N–H and O–H groups in total. The highest BCUT2D eigenvalue weighted by molar-refractivity contribution is 14.1. The van der Waals surface area contributed by atoms with E-state index in [0.717, 1.165) is 14.8 Å². The highest BCUT2D eigenvalue weighted by Gasteiger charge is 2.45. The molecule has 1 aliphatic heterocycles. The molecule has 2 atom stereocenters. The normalized spacial score (nSPS) is 21.7. The fraction of sp³-hybridized carbons (Fsp3) is 0.188. The Kier molecular flexibility index (Phi) is 3.41. The number of aromatic hydroxyl groups is 1. The zero-order valence-corrected chi connectivity index (χ0v) is 13.1. The predicted molar refractivity (Wildman–Crippen MR) is 86.7 cm³/mol. The Morgan fingerprint density at radius 1 is 1.05 bits per heavy atom. The molecule has 3 rings (SSSR count). The molecule has 1 fully saturated rings. The summed E-state index contributed by atoms with van der Waals surface area (Å²) in [6.07, 6.45) is 0. The van der Waals surface area contributed by atoms with E-state index in [1.807, 2.05) is 48.2 Å². The highest BCUT2D eigenvalue weighted by atomic mass is 127. The molecule has 1 heterocycles. The first-order valence-corrected chi connectivity index (χ1v) is 7.53. The molecule has 4 heteroatoms. The number of rotatable bonds is 2. The molecular weight excluding hydrogens is 365 g/mol. The van der Waals surface area contributed by atoms with E-state index in [9.17, 15) is 9.90 Å². The topological polar surface area (TPSA) is 40.5 Å². The molecule has 1 amide bonds. The van der Waals surface area contributed by atoms with E-state index in [4.69, 9.17) is 0 Å². The van der Waals surface area contributed by atoms with Crippen molar-refractivity contribution >= 4 is 34.2 Å². The number of hydrogen-bond donors (Lipinski definition) is 1. The van der Waals surface area contributed by atoms with Crippen LogP contribution in [0.15, 0.2) is 48.5 Å². The summed E-state index contributed by atoms with van der Waals surface area (Å²) in [5.41, 5.74) is 1.97. The molecule has 3 nitrogen and oxygen atoms in total. The number of benzene rings is 2. The van der Waals surface area contributed by atoms with Gasteiger partial charge in [0.1, 0.15) is 5.75 Å². The summed E-state index contributed by atoms with van der Waals surface area (Å²) < 4.78 is 1.15. The lowest BCUT2D eigenvalue weighted by atomic mass is 9.83. The number of anilines is 1. The Bertz CT molecular complexity index is 637. The van der Waals surface area contributed by atoms with E-state index < -0.39 is 0 Å². The third kappa shape index (κ3) is 2.18. The lowest BCUT2D eigenvalue weighted by molar-refractivity contribution is -0.129. The summed E-state index contributed by atoms with van der Waals surface area (Å²) in [5.74, 6) is 0.357. The molecule has 0 aromatic heterocycles. The van der Waals surface area contributed by atoms with Crippen molar-refractivity contribution in [2.24, 2.45) is 5.92 Å². The maximum absolute atomic E-state index is 12.2. The number of hydrogen-bond acceptors (Lipinski definition) is 2. The number of phenolic OH excluding ortho intramolecular Hbond substituents is 1. The lowest BCUT2D eigenvalue weighted by Gasteiger charge is -2.46. The highest BCUT2D eigenvalue weighted by Crippen LogP contribution is 2.43. The molecule has 0 aliphatic carbocycles. The van der Waals surface area contributed by atoms with Crippen molar-refractivity contribution in [2.45, 2.75) is 13.0 Å². The van der Waals surface area contributed by atoms with E-state index in [1.165, 1.54) is 0 Å². The molecule has 0 bridgehead atoms. The summed E-state index contributed by atoms with van der Waals surface area (Å²) in [6, 6.07) is 15.1. The standard InChI is InChI=1S/C16H14INO2/c1-10-15(11-2-8-14(19)9-3-11)18(16(10)20)13-6-4-12(17)5-7-13/h2-10,15,19H,1H3/t10-,15+/m1/s1. The van der Waals surface area contributed by atoms with Gasteiger partial charge in [0.15, 0.2) is 0 Å². The lowest BCUT2D eigenvalue weighted by Crippen LogP contribution is -2.54. The smallest absolute Gasteiger partial charge is 0.232 e. The fourth-order valence-corrected chi connectivity index (χ4v) is 2.99. The van der Waals surface area contributed by atoms with Crippen molar-refractivity contribution < 1.29 is 9.90 Å². The van der Waals surface area contributed by atoms with Crippen molar-refractivity contribution in [3.05, 3.63) is 57.7 Å². The van der Waals surface area contributed by atoms with Gasteiger partial charge in [-0.3, -0.25) is 4.79 Å². The van der Waals surface area contributed by atoms with Crippen LogP contribution in [0.3, 0.4) is 0 Å².